The van der Waals surface area contributed by atoms with Crippen molar-refractivity contribution in [2.24, 2.45) is 11.8 Å². The van der Waals surface area contributed by atoms with E-state index in [9.17, 15) is 43.2 Å². The Morgan fingerprint density at radius 1 is 0.297 bits per heavy atom. The van der Waals surface area contributed by atoms with Crippen LogP contribution in [0.5, 0.6) is 0 Å². The first kappa shape index (κ1) is 89.1. The summed E-state index contributed by atoms with van der Waals surface area (Å²) in [5, 5.41) is 10.6. The zero-order valence-electron chi connectivity index (χ0n) is 59.1. The molecule has 0 saturated heterocycles. The quantitative estimate of drug-likeness (QED) is 0.0222. The Hall–Kier alpha value is -1.94. The van der Waals surface area contributed by atoms with E-state index in [-0.39, 0.29) is 25.7 Å². The van der Waals surface area contributed by atoms with Gasteiger partial charge in [-0.05, 0) is 37.5 Å². The normalized spacial score (nSPS) is 14.1. The Labute approximate surface area is 556 Å². The van der Waals surface area contributed by atoms with Crippen molar-refractivity contribution in [3.05, 3.63) is 0 Å². The van der Waals surface area contributed by atoms with E-state index in [1.54, 1.807) is 0 Å². The third-order valence-electron chi connectivity index (χ3n) is 16.7. The van der Waals surface area contributed by atoms with E-state index in [4.69, 9.17) is 37.0 Å². The van der Waals surface area contributed by atoms with Crippen LogP contribution in [0.25, 0.3) is 0 Å². The zero-order chi connectivity index (χ0) is 67.2. The van der Waals surface area contributed by atoms with Gasteiger partial charge in [-0.1, -0.05) is 318 Å². The number of esters is 4. The molecule has 0 aromatic carbocycles. The van der Waals surface area contributed by atoms with Gasteiger partial charge >= 0.3 is 39.5 Å². The average Bonchev–Trinajstić information content (AvgIpc) is 3.65. The van der Waals surface area contributed by atoms with Crippen LogP contribution in [0.4, 0.5) is 0 Å². The summed E-state index contributed by atoms with van der Waals surface area (Å²) in [6.45, 7) is 9.47. The maximum atomic E-state index is 13.0. The lowest BCUT2D eigenvalue weighted by Gasteiger charge is -2.21. The molecule has 2 unspecified atom stereocenters. The minimum atomic E-state index is -4.95. The number of carbonyl (C=O) groups is 4. The Kier molecular flexibility index (Phi) is 62.7. The Morgan fingerprint density at radius 3 is 0.747 bits per heavy atom. The smallest absolute Gasteiger partial charge is 0.462 e. The molecule has 91 heavy (non-hydrogen) atoms. The number of aliphatic hydroxyl groups is 1. The first-order valence-electron chi connectivity index (χ1n) is 37.5. The fraction of sp³-hybridized carbons (Fsp3) is 0.944. The van der Waals surface area contributed by atoms with Gasteiger partial charge in [-0.15, -0.1) is 0 Å². The topological polar surface area (TPSA) is 237 Å². The van der Waals surface area contributed by atoms with E-state index in [0.29, 0.717) is 31.6 Å². The highest BCUT2D eigenvalue weighted by Crippen LogP contribution is 2.45. The summed E-state index contributed by atoms with van der Waals surface area (Å²) in [5.41, 5.74) is 0. The molecule has 3 N–H and O–H groups in total. The lowest BCUT2D eigenvalue weighted by molar-refractivity contribution is -0.161. The molecule has 17 nitrogen and oxygen atoms in total. The minimum Gasteiger partial charge on any atom is -0.462 e. The number of hydrogen-bond donors (Lipinski definition) is 3. The molecule has 0 saturated carbocycles. The molecule has 0 spiro atoms. The van der Waals surface area contributed by atoms with Crippen molar-refractivity contribution in [3.8, 4) is 0 Å². The SMILES string of the molecule is CCCCCCCCCCCCCCCCCCC(=O)OC[C@H](COP(=O)(O)OC[C@@H](O)COP(=O)(O)OC[C@@H](COC(=O)CCCCCCCCCC)OC(=O)CCCCCCCCC(C)C)OC(=O)CCCCCCCCCCCCCCCCCC(C)C. The number of ether oxygens (including phenoxy) is 4. The maximum Gasteiger partial charge on any atom is 0.472 e. The summed E-state index contributed by atoms with van der Waals surface area (Å²) in [7, 11) is -9.90. The lowest BCUT2D eigenvalue weighted by Crippen LogP contribution is -2.30. The molecule has 0 radical (unpaired) electrons. The van der Waals surface area contributed by atoms with Crippen molar-refractivity contribution in [1.29, 1.82) is 0 Å². The highest BCUT2D eigenvalue weighted by atomic mass is 31.2. The molecule has 19 heteroatoms. The van der Waals surface area contributed by atoms with Gasteiger partial charge in [0.15, 0.2) is 12.2 Å². The van der Waals surface area contributed by atoms with Crippen molar-refractivity contribution in [2.75, 3.05) is 39.6 Å². The molecular formula is C72H140O17P2. The summed E-state index contributed by atoms with van der Waals surface area (Å²) in [6, 6.07) is 0. The van der Waals surface area contributed by atoms with Crippen LogP contribution in [0.3, 0.4) is 0 Å². The molecule has 540 valence electrons. The van der Waals surface area contributed by atoms with Crippen LogP contribution in [-0.2, 0) is 65.4 Å². The third-order valence-corrected chi connectivity index (χ3v) is 18.6. The fourth-order valence-electron chi connectivity index (χ4n) is 10.9. The van der Waals surface area contributed by atoms with Gasteiger partial charge in [-0.25, -0.2) is 9.13 Å². The molecule has 0 amide bonds. The van der Waals surface area contributed by atoms with Gasteiger partial charge in [0.05, 0.1) is 26.4 Å². The molecule has 0 aliphatic heterocycles. The first-order chi connectivity index (χ1) is 43.9. The molecule has 0 fully saturated rings. The minimum absolute atomic E-state index is 0.102. The third kappa shape index (κ3) is 66.5. The van der Waals surface area contributed by atoms with E-state index >= 15 is 0 Å². The van der Waals surface area contributed by atoms with Gasteiger partial charge in [0.25, 0.3) is 0 Å². The van der Waals surface area contributed by atoms with Crippen LogP contribution in [-0.4, -0.2) is 96.7 Å². The van der Waals surface area contributed by atoms with Crippen molar-refractivity contribution in [2.45, 2.75) is 387 Å². The second kappa shape index (κ2) is 64.1. The summed E-state index contributed by atoms with van der Waals surface area (Å²) < 4.78 is 68.2. The van der Waals surface area contributed by atoms with Gasteiger partial charge in [0.2, 0.25) is 0 Å². The van der Waals surface area contributed by atoms with Crippen molar-refractivity contribution < 1.29 is 80.2 Å². The molecule has 0 aliphatic carbocycles. The Morgan fingerprint density at radius 2 is 0.505 bits per heavy atom. The van der Waals surface area contributed by atoms with Crippen LogP contribution >= 0.6 is 15.6 Å². The molecule has 5 atom stereocenters. The Balaban J connectivity index is 5.19. The van der Waals surface area contributed by atoms with Crippen LogP contribution in [0.1, 0.15) is 369 Å². The monoisotopic (exact) mass is 1340 g/mol. The molecule has 0 aromatic heterocycles. The summed E-state index contributed by atoms with van der Waals surface area (Å²) in [4.78, 5) is 72.5. The van der Waals surface area contributed by atoms with Crippen LogP contribution in [0.2, 0.25) is 0 Å². The van der Waals surface area contributed by atoms with Gasteiger partial charge in [-0.2, -0.15) is 0 Å². The van der Waals surface area contributed by atoms with Crippen LogP contribution in [0.15, 0.2) is 0 Å². The highest BCUT2D eigenvalue weighted by Gasteiger charge is 2.30. The van der Waals surface area contributed by atoms with Crippen LogP contribution in [0, 0.1) is 11.8 Å². The number of aliphatic hydroxyl groups excluding tert-OH is 1. The van der Waals surface area contributed by atoms with Gasteiger partial charge in [0, 0.05) is 25.7 Å². The number of carbonyl (C=O) groups excluding carboxylic acids is 4. The molecule has 0 aromatic rings. The zero-order valence-corrected chi connectivity index (χ0v) is 60.9. The summed E-state index contributed by atoms with van der Waals surface area (Å²) in [5.74, 6) is -0.655. The predicted molar refractivity (Wildman–Crippen MR) is 368 cm³/mol. The second-order valence-electron chi connectivity index (χ2n) is 26.9. The molecule has 0 rings (SSSR count). The summed E-state index contributed by atoms with van der Waals surface area (Å²) in [6.07, 6.45) is 50.2. The number of phosphoric acid groups is 2. The van der Waals surface area contributed by atoms with Crippen molar-refractivity contribution in [1.82, 2.24) is 0 Å². The van der Waals surface area contributed by atoms with E-state index < -0.39 is 97.5 Å². The maximum absolute atomic E-state index is 13.0. The molecule has 0 bridgehead atoms. The number of rotatable bonds is 71. The van der Waals surface area contributed by atoms with Crippen molar-refractivity contribution >= 4 is 39.5 Å². The highest BCUT2D eigenvalue weighted by molar-refractivity contribution is 7.47. The van der Waals surface area contributed by atoms with Gasteiger partial charge < -0.3 is 33.8 Å². The summed E-state index contributed by atoms with van der Waals surface area (Å²) >= 11 is 0. The number of hydrogen-bond acceptors (Lipinski definition) is 15. The van der Waals surface area contributed by atoms with E-state index in [1.807, 2.05) is 0 Å². The standard InChI is InChI=1S/C72H140O17P2/c1-7-9-11-13-15-17-18-19-20-23-26-29-32-36-43-49-55-70(75)83-60-67(88-71(76)56-50-44-37-33-30-27-24-21-22-25-28-31-34-40-46-52-64(3)4)62-86-90(78,79)84-58-66(73)59-85-91(80,81)87-63-68(61-82-69(74)54-48-42-35-16-14-12-10-8-2)89-72(77)57-51-45-39-38-41-47-53-65(5)6/h64-68,73H,7-63H2,1-6H3,(H,78,79)(H,80,81)/t66-,67-,68-/m1/s1. The fourth-order valence-corrected chi connectivity index (χ4v) is 12.5. The van der Waals surface area contributed by atoms with Gasteiger partial charge in [0.1, 0.15) is 19.3 Å². The number of phosphoric ester groups is 2. The first-order valence-corrected chi connectivity index (χ1v) is 40.5. The van der Waals surface area contributed by atoms with Crippen molar-refractivity contribution in [3.63, 3.8) is 0 Å². The van der Waals surface area contributed by atoms with E-state index in [2.05, 4.69) is 41.5 Å². The van der Waals surface area contributed by atoms with E-state index in [0.717, 1.165) is 102 Å². The number of unbranched alkanes of at least 4 members (excludes halogenated alkanes) is 41. The van der Waals surface area contributed by atoms with Crippen LogP contribution < -0.4 is 0 Å². The predicted octanol–water partition coefficient (Wildman–Crippen LogP) is 20.8. The Bertz CT molecular complexity index is 1770. The second-order valence-corrected chi connectivity index (χ2v) is 29.8. The van der Waals surface area contributed by atoms with Gasteiger partial charge in [-0.3, -0.25) is 37.3 Å². The lowest BCUT2D eigenvalue weighted by atomic mass is 10.0. The molecular weight excluding hydrogens is 1200 g/mol. The largest absolute Gasteiger partial charge is 0.472 e. The molecule has 0 heterocycles. The van der Waals surface area contributed by atoms with E-state index in [1.165, 1.54) is 180 Å². The average molecular weight is 1340 g/mol. The molecule has 0 aliphatic rings.